The molecule has 0 saturated carbocycles. The Kier molecular flexibility index (Phi) is 6.98. The Morgan fingerprint density at radius 2 is 1.84 bits per heavy atom. The van der Waals surface area contributed by atoms with Crippen molar-refractivity contribution in [3.63, 3.8) is 0 Å². The molecule has 7 nitrogen and oxygen atoms in total. The van der Waals surface area contributed by atoms with Crippen LogP contribution < -0.4 is 10.2 Å². The predicted octanol–water partition coefficient (Wildman–Crippen LogP) is 2.62. The maximum Gasteiger partial charge on any atom is 0.251 e. The van der Waals surface area contributed by atoms with Gasteiger partial charge in [-0.3, -0.25) is 4.79 Å². The van der Waals surface area contributed by atoms with Crippen LogP contribution in [0.2, 0.25) is 0 Å². The smallest absolute Gasteiger partial charge is 0.251 e. The number of nitrogens with zero attached hydrogens (tertiary/aromatic N) is 2. The topological polar surface area (TPSA) is 79.0 Å². The zero-order valence-electron chi connectivity index (χ0n) is 18.1. The number of hydrogen-bond acceptors (Lipinski definition) is 5. The molecule has 2 aromatic rings. The van der Waals surface area contributed by atoms with Crippen molar-refractivity contribution >= 4 is 21.6 Å². The molecule has 31 heavy (non-hydrogen) atoms. The van der Waals surface area contributed by atoms with Crippen molar-refractivity contribution < 1.29 is 22.3 Å². The standard InChI is InChI=1S/C22H28FN3O4S/c1-15-13-26(14-16(2)30-15)21-9-8-17(10-20(21)23)12-24-22(27)18-6-5-7-19(11-18)31(28,29)25(3)4/h5-11,15-16H,12-14H2,1-4H3,(H,24,27). The number of benzene rings is 2. The minimum atomic E-state index is -3.64. The molecule has 0 radical (unpaired) electrons. The number of hydrogen-bond donors (Lipinski definition) is 1. The number of rotatable bonds is 6. The zero-order chi connectivity index (χ0) is 22.8. The normalized spacial score (nSPS) is 19.5. The van der Waals surface area contributed by atoms with Gasteiger partial charge in [-0.25, -0.2) is 17.1 Å². The molecule has 168 valence electrons. The van der Waals surface area contributed by atoms with Crippen LogP contribution in [0.25, 0.3) is 0 Å². The highest BCUT2D eigenvalue weighted by Gasteiger charge is 2.24. The summed E-state index contributed by atoms with van der Waals surface area (Å²) < 4.78 is 46.1. The van der Waals surface area contributed by atoms with Crippen LogP contribution in [0.15, 0.2) is 47.4 Å². The van der Waals surface area contributed by atoms with Gasteiger partial charge in [0.1, 0.15) is 5.82 Å². The third-order valence-electron chi connectivity index (χ3n) is 5.10. The van der Waals surface area contributed by atoms with E-state index in [-0.39, 0.29) is 35.0 Å². The molecule has 3 rings (SSSR count). The van der Waals surface area contributed by atoms with Gasteiger partial charge >= 0.3 is 0 Å². The van der Waals surface area contributed by atoms with E-state index in [1.54, 1.807) is 12.1 Å². The lowest BCUT2D eigenvalue weighted by Crippen LogP contribution is -2.45. The molecule has 1 aliphatic rings. The summed E-state index contributed by atoms with van der Waals surface area (Å²) in [6, 6.07) is 10.7. The van der Waals surface area contributed by atoms with Crippen LogP contribution in [0, 0.1) is 5.82 Å². The Morgan fingerprint density at radius 1 is 1.16 bits per heavy atom. The van der Waals surface area contributed by atoms with Crippen LogP contribution in [0.3, 0.4) is 0 Å². The van der Waals surface area contributed by atoms with Gasteiger partial charge in [0.25, 0.3) is 5.91 Å². The molecule has 0 aromatic heterocycles. The number of morpholine rings is 1. The fraction of sp³-hybridized carbons (Fsp3) is 0.409. The summed E-state index contributed by atoms with van der Waals surface area (Å²) in [6.07, 6.45) is 0.0448. The summed E-state index contributed by atoms with van der Waals surface area (Å²) in [5.74, 6) is -0.789. The van der Waals surface area contributed by atoms with Gasteiger partial charge in [-0.15, -0.1) is 0 Å². The van der Waals surface area contributed by atoms with Crippen LogP contribution in [0.5, 0.6) is 0 Å². The number of anilines is 1. The molecule has 9 heteroatoms. The summed E-state index contributed by atoms with van der Waals surface area (Å²) in [5, 5.41) is 2.72. The first kappa shape index (κ1) is 23.2. The summed E-state index contributed by atoms with van der Waals surface area (Å²) in [6.45, 7) is 5.27. The van der Waals surface area contributed by atoms with Crippen LogP contribution in [0.1, 0.15) is 29.8 Å². The maximum absolute atomic E-state index is 14.7. The van der Waals surface area contributed by atoms with Gasteiger partial charge < -0.3 is 15.0 Å². The second-order valence-corrected chi connectivity index (χ2v) is 10.1. The van der Waals surface area contributed by atoms with Crippen molar-refractivity contribution in [3.05, 3.63) is 59.4 Å². The lowest BCUT2D eigenvalue weighted by Gasteiger charge is -2.37. The fourth-order valence-corrected chi connectivity index (χ4v) is 4.53. The van der Waals surface area contributed by atoms with E-state index in [0.717, 1.165) is 4.31 Å². The first-order chi connectivity index (χ1) is 14.6. The van der Waals surface area contributed by atoms with Crippen molar-refractivity contribution in [2.45, 2.75) is 37.5 Å². The molecule has 1 aliphatic heterocycles. The minimum Gasteiger partial charge on any atom is -0.372 e. The molecule has 0 spiro atoms. The van der Waals surface area contributed by atoms with E-state index in [1.807, 2.05) is 18.7 Å². The molecular formula is C22H28FN3O4S. The van der Waals surface area contributed by atoms with E-state index < -0.39 is 15.9 Å². The van der Waals surface area contributed by atoms with Gasteiger partial charge in [-0.05, 0) is 49.7 Å². The van der Waals surface area contributed by atoms with Crippen molar-refractivity contribution in [3.8, 4) is 0 Å². The number of halogens is 1. The molecule has 0 bridgehead atoms. The van der Waals surface area contributed by atoms with Crippen molar-refractivity contribution in [2.24, 2.45) is 0 Å². The Balaban J connectivity index is 1.68. The van der Waals surface area contributed by atoms with Gasteiger partial charge in [0.15, 0.2) is 0 Å². The maximum atomic E-state index is 14.7. The number of carbonyl (C=O) groups is 1. The Labute approximate surface area is 182 Å². The predicted molar refractivity (Wildman–Crippen MR) is 117 cm³/mol. The van der Waals surface area contributed by atoms with Gasteiger partial charge in [-0.1, -0.05) is 12.1 Å². The molecule has 1 heterocycles. The number of sulfonamides is 1. The SMILES string of the molecule is CC1CN(c2ccc(CNC(=O)c3cccc(S(=O)(=O)N(C)C)c3)cc2F)CC(C)O1. The molecule has 1 fully saturated rings. The highest BCUT2D eigenvalue weighted by molar-refractivity contribution is 7.89. The van der Waals surface area contributed by atoms with E-state index >= 15 is 0 Å². The lowest BCUT2D eigenvalue weighted by molar-refractivity contribution is -0.00539. The molecule has 1 amide bonds. The average Bonchev–Trinajstić information content (AvgIpc) is 2.71. The fourth-order valence-electron chi connectivity index (χ4n) is 3.58. The Bertz CT molecular complexity index is 1050. The van der Waals surface area contributed by atoms with Gasteiger partial charge in [0.2, 0.25) is 10.0 Å². The summed E-state index contributed by atoms with van der Waals surface area (Å²) in [7, 11) is -0.781. The van der Waals surface area contributed by atoms with Crippen LogP contribution in [0.4, 0.5) is 10.1 Å². The molecule has 2 aromatic carbocycles. The van der Waals surface area contributed by atoms with Crippen molar-refractivity contribution in [2.75, 3.05) is 32.1 Å². The molecule has 1 saturated heterocycles. The highest BCUT2D eigenvalue weighted by atomic mass is 32.2. The van der Waals surface area contributed by atoms with Gasteiger partial charge in [0.05, 0.1) is 22.8 Å². The van der Waals surface area contributed by atoms with E-state index in [9.17, 15) is 17.6 Å². The molecule has 2 unspecified atom stereocenters. The van der Waals surface area contributed by atoms with E-state index in [2.05, 4.69) is 5.32 Å². The molecule has 1 N–H and O–H groups in total. The van der Waals surface area contributed by atoms with Crippen molar-refractivity contribution in [1.82, 2.24) is 9.62 Å². The average molecular weight is 450 g/mol. The number of nitrogens with one attached hydrogen (secondary N) is 1. The Morgan fingerprint density at radius 3 is 2.45 bits per heavy atom. The van der Waals surface area contributed by atoms with Gasteiger partial charge in [0, 0.05) is 39.3 Å². The number of ether oxygens (including phenoxy) is 1. The quantitative estimate of drug-likeness (QED) is 0.734. The second-order valence-electron chi connectivity index (χ2n) is 7.95. The zero-order valence-corrected chi connectivity index (χ0v) is 18.9. The monoisotopic (exact) mass is 449 g/mol. The van der Waals surface area contributed by atoms with Crippen LogP contribution >= 0.6 is 0 Å². The first-order valence-electron chi connectivity index (χ1n) is 10.1. The third kappa shape index (κ3) is 5.41. The molecule has 0 aliphatic carbocycles. The van der Waals surface area contributed by atoms with E-state index in [4.69, 9.17) is 4.74 Å². The van der Waals surface area contributed by atoms with E-state index in [1.165, 1.54) is 44.4 Å². The lowest BCUT2D eigenvalue weighted by atomic mass is 10.1. The third-order valence-corrected chi connectivity index (χ3v) is 6.91. The minimum absolute atomic E-state index is 0.0224. The van der Waals surface area contributed by atoms with Crippen molar-refractivity contribution in [1.29, 1.82) is 0 Å². The first-order valence-corrected chi connectivity index (χ1v) is 11.5. The van der Waals surface area contributed by atoms with Gasteiger partial charge in [-0.2, -0.15) is 0 Å². The second kappa shape index (κ2) is 9.33. The largest absolute Gasteiger partial charge is 0.372 e. The number of carbonyl (C=O) groups excluding carboxylic acids is 1. The summed E-state index contributed by atoms with van der Waals surface area (Å²) in [4.78, 5) is 14.5. The van der Waals surface area contributed by atoms with Crippen LogP contribution in [-0.2, 0) is 21.3 Å². The molecule has 2 atom stereocenters. The number of amides is 1. The van der Waals surface area contributed by atoms with E-state index in [0.29, 0.717) is 24.3 Å². The summed E-state index contributed by atoms with van der Waals surface area (Å²) in [5.41, 5.74) is 1.34. The Hall–Kier alpha value is -2.49. The molecular weight excluding hydrogens is 421 g/mol. The highest BCUT2D eigenvalue weighted by Crippen LogP contribution is 2.24. The van der Waals surface area contributed by atoms with Crippen LogP contribution in [-0.4, -0.2) is 58.0 Å². The summed E-state index contributed by atoms with van der Waals surface area (Å²) >= 11 is 0.